The third-order valence-electron chi connectivity index (χ3n) is 2.08. The predicted octanol–water partition coefficient (Wildman–Crippen LogP) is 1.27. The first-order chi connectivity index (χ1) is 5.70. The van der Waals surface area contributed by atoms with Gasteiger partial charge in [0.2, 0.25) is 0 Å². The Labute approximate surface area is 80.9 Å². The molecule has 0 aliphatic carbocycles. The van der Waals surface area contributed by atoms with Crippen molar-refractivity contribution in [2.24, 2.45) is 11.7 Å². The summed E-state index contributed by atoms with van der Waals surface area (Å²) >= 11 is 1.90. The zero-order valence-electron chi connectivity index (χ0n) is 8.55. The summed E-state index contributed by atoms with van der Waals surface area (Å²) in [5.74, 6) is 1.90. The van der Waals surface area contributed by atoms with Gasteiger partial charge in [-0.15, -0.1) is 0 Å². The molecule has 1 unspecified atom stereocenters. The van der Waals surface area contributed by atoms with Crippen molar-refractivity contribution < 1.29 is 0 Å². The van der Waals surface area contributed by atoms with E-state index in [9.17, 15) is 0 Å². The lowest BCUT2D eigenvalue weighted by atomic mass is 10.1. The van der Waals surface area contributed by atoms with Crippen molar-refractivity contribution in [1.82, 2.24) is 4.90 Å². The topological polar surface area (TPSA) is 29.3 Å². The molecule has 1 atom stereocenters. The van der Waals surface area contributed by atoms with E-state index in [1.165, 1.54) is 25.3 Å². The van der Waals surface area contributed by atoms with Crippen LogP contribution in [0.25, 0.3) is 0 Å². The first-order valence-corrected chi connectivity index (χ1v) is 5.97. The highest BCUT2D eigenvalue weighted by molar-refractivity contribution is 7.98. The fourth-order valence-corrected chi connectivity index (χ4v) is 1.41. The summed E-state index contributed by atoms with van der Waals surface area (Å²) in [4.78, 5) is 2.38. The largest absolute Gasteiger partial charge is 0.330 e. The smallest absolute Gasteiger partial charge is 0.00692 e. The van der Waals surface area contributed by atoms with Crippen LogP contribution in [0.4, 0.5) is 0 Å². The van der Waals surface area contributed by atoms with Crippen molar-refractivity contribution in [2.45, 2.75) is 13.3 Å². The van der Waals surface area contributed by atoms with Gasteiger partial charge in [0, 0.05) is 12.3 Å². The number of hydrogen-bond donors (Lipinski definition) is 1. The lowest BCUT2D eigenvalue weighted by molar-refractivity contribution is 0.324. The molecule has 2 nitrogen and oxygen atoms in total. The summed E-state index contributed by atoms with van der Waals surface area (Å²) < 4.78 is 0. The van der Waals surface area contributed by atoms with Gasteiger partial charge in [-0.3, -0.25) is 0 Å². The lowest BCUT2D eigenvalue weighted by Crippen LogP contribution is -2.25. The molecule has 0 heterocycles. The number of rotatable bonds is 7. The molecule has 0 fully saturated rings. The van der Waals surface area contributed by atoms with Crippen LogP contribution in [-0.2, 0) is 0 Å². The Bertz CT molecular complexity index is 98.5. The third-order valence-corrected chi connectivity index (χ3v) is 2.67. The predicted molar refractivity (Wildman–Crippen MR) is 58.7 cm³/mol. The molecule has 0 aromatic rings. The van der Waals surface area contributed by atoms with Gasteiger partial charge >= 0.3 is 0 Å². The van der Waals surface area contributed by atoms with Crippen LogP contribution in [0.15, 0.2) is 0 Å². The van der Waals surface area contributed by atoms with E-state index in [2.05, 4.69) is 25.1 Å². The Morgan fingerprint density at radius 3 is 2.58 bits per heavy atom. The summed E-state index contributed by atoms with van der Waals surface area (Å²) in [5, 5.41) is 0. The lowest BCUT2D eigenvalue weighted by Gasteiger charge is -2.17. The van der Waals surface area contributed by atoms with Crippen LogP contribution in [-0.4, -0.2) is 43.6 Å². The van der Waals surface area contributed by atoms with E-state index in [0.29, 0.717) is 5.92 Å². The molecule has 0 rings (SSSR count). The van der Waals surface area contributed by atoms with Gasteiger partial charge in [0.1, 0.15) is 0 Å². The molecule has 74 valence electrons. The second-order valence-corrected chi connectivity index (χ2v) is 4.41. The highest BCUT2D eigenvalue weighted by Gasteiger charge is 2.01. The molecule has 0 aliphatic heterocycles. The number of thioether (sulfide) groups is 1. The quantitative estimate of drug-likeness (QED) is 0.655. The van der Waals surface area contributed by atoms with E-state index in [1.807, 2.05) is 11.8 Å². The Balaban J connectivity index is 3.24. The Morgan fingerprint density at radius 1 is 1.42 bits per heavy atom. The van der Waals surface area contributed by atoms with Gasteiger partial charge in [-0.2, -0.15) is 11.8 Å². The fraction of sp³-hybridized carbons (Fsp3) is 1.00. The summed E-state index contributed by atoms with van der Waals surface area (Å²) in [6.45, 7) is 5.40. The van der Waals surface area contributed by atoms with E-state index < -0.39 is 0 Å². The first kappa shape index (κ1) is 12.3. The molecular weight excluding hydrogens is 168 g/mol. The maximum Gasteiger partial charge on any atom is 0.00692 e. The van der Waals surface area contributed by atoms with Crippen molar-refractivity contribution in [3.05, 3.63) is 0 Å². The van der Waals surface area contributed by atoms with Crippen molar-refractivity contribution in [3.8, 4) is 0 Å². The van der Waals surface area contributed by atoms with Crippen molar-refractivity contribution >= 4 is 11.8 Å². The molecule has 0 aromatic carbocycles. The van der Waals surface area contributed by atoms with Crippen LogP contribution in [0.5, 0.6) is 0 Å². The standard InChI is InChI=1S/C9H22N2S/c1-9(8-10)4-5-11(2)6-7-12-3/h9H,4-8,10H2,1-3H3. The van der Waals surface area contributed by atoms with E-state index >= 15 is 0 Å². The average molecular weight is 190 g/mol. The van der Waals surface area contributed by atoms with Gasteiger partial charge in [-0.05, 0) is 38.7 Å². The van der Waals surface area contributed by atoms with Crippen LogP contribution in [0, 0.1) is 5.92 Å². The van der Waals surface area contributed by atoms with Crippen LogP contribution >= 0.6 is 11.8 Å². The molecule has 0 saturated carbocycles. The summed E-state index contributed by atoms with van der Waals surface area (Å²) in [6, 6.07) is 0. The van der Waals surface area contributed by atoms with Crippen molar-refractivity contribution in [1.29, 1.82) is 0 Å². The van der Waals surface area contributed by atoms with Gasteiger partial charge in [-0.1, -0.05) is 6.92 Å². The van der Waals surface area contributed by atoms with Gasteiger partial charge < -0.3 is 10.6 Å². The number of nitrogens with two attached hydrogens (primary N) is 1. The first-order valence-electron chi connectivity index (χ1n) is 4.58. The molecule has 0 aliphatic rings. The molecule has 0 aromatic heterocycles. The highest BCUT2D eigenvalue weighted by atomic mass is 32.2. The fourth-order valence-electron chi connectivity index (χ4n) is 0.918. The van der Waals surface area contributed by atoms with Crippen LogP contribution < -0.4 is 5.73 Å². The monoisotopic (exact) mass is 190 g/mol. The zero-order valence-corrected chi connectivity index (χ0v) is 9.36. The summed E-state index contributed by atoms with van der Waals surface area (Å²) in [5.41, 5.74) is 5.54. The molecule has 2 N–H and O–H groups in total. The van der Waals surface area contributed by atoms with Crippen LogP contribution in [0.3, 0.4) is 0 Å². The van der Waals surface area contributed by atoms with Gasteiger partial charge in [-0.25, -0.2) is 0 Å². The average Bonchev–Trinajstić information content (AvgIpc) is 2.10. The molecule has 0 radical (unpaired) electrons. The maximum absolute atomic E-state index is 5.54. The van der Waals surface area contributed by atoms with Crippen LogP contribution in [0.1, 0.15) is 13.3 Å². The molecule has 3 heteroatoms. The van der Waals surface area contributed by atoms with Gasteiger partial charge in [0.05, 0.1) is 0 Å². The zero-order chi connectivity index (χ0) is 9.40. The summed E-state index contributed by atoms with van der Waals surface area (Å²) in [7, 11) is 2.18. The molecule has 0 amide bonds. The van der Waals surface area contributed by atoms with Gasteiger partial charge in [0.15, 0.2) is 0 Å². The molecule has 0 saturated heterocycles. The highest BCUT2D eigenvalue weighted by Crippen LogP contribution is 2.01. The summed E-state index contributed by atoms with van der Waals surface area (Å²) in [6.07, 6.45) is 3.37. The number of hydrogen-bond acceptors (Lipinski definition) is 3. The van der Waals surface area contributed by atoms with Gasteiger partial charge in [0.25, 0.3) is 0 Å². The van der Waals surface area contributed by atoms with Crippen LogP contribution in [0.2, 0.25) is 0 Å². The minimum atomic E-state index is 0.668. The minimum Gasteiger partial charge on any atom is -0.330 e. The molecular formula is C9H22N2S. The van der Waals surface area contributed by atoms with E-state index in [1.54, 1.807) is 0 Å². The molecule has 12 heavy (non-hydrogen) atoms. The second kappa shape index (κ2) is 7.90. The third kappa shape index (κ3) is 6.95. The van der Waals surface area contributed by atoms with E-state index in [-0.39, 0.29) is 0 Å². The molecule has 0 bridgehead atoms. The molecule has 0 spiro atoms. The second-order valence-electron chi connectivity index (χ2n) is 3.43. The Morgan fingerprint density at radius 2 is 2.08 bits per heavy atom. The normalized spacial score (nSPS) is 13.8. The van der Waals surface area contributed by atoms with Crippen molar-refractivity contribution in [3.63, 3.8) is 0 Å². The Kier molecular flexibility index (Phi) is 8.07. The maximum atomic E-state index is 5.54. The number of nitrogens with zero attached hydrogens (tertiary/aromatic N) is 1. The van der Waals surface area contributed by atoms with E-state index in [4.69, 9.17) is 5.73 Å². The minimum absolute atomic E-state index is 0.668. The Hall–Kier alpha value is 0.270. The van der Waals surface area contributed by atoms with Crippen molar-refractivity contribution in [2.75, 3.05) is 38.7 Å². The SMILES string of the molecule is CSCCN(C)CCC(C)CN. The van der Waals surface area contributed by atoms with E-state index in [0.717, 1.165) is 6.54 Å².